The summed E-state index contributed by atoms with van der Waals surface area (Å²) in [6.07, 6.45) is 2.44. The molecule has 1 fully saturated rings. The van der Waals surface area contributed by atoms with Crippen molar-refractivity contribution in [1.82, 2.24) is 4.90 Å². The number of rotatable bonds is 3. The van der Waals surface area contributed by atoms with Gasteiger partial charge in [0.05, 0.1) is 12.1 Å². The van der Waals surface area contributed by atoms with Crippen molar-refractivity contribution in [2.75, 3.05) is 31.6 Å². The standard InChI is InChI=1S/C15H19FN2O/c16-8-4-10-18-9-3-7-15(11-18)12-5-1-2-6-13(12)17-14(15)19/h1-2,5-6H,3-4,7-11H2,(H,17,19). The molecule has 102 valence electrons. The number of benzene rings is 1. The van der Waals surface area contributed by atoms with Gasteiger partial charge < -0.3 is 10.2 Å². The predicted molar refractivity (Wildman–Crippen MR) is 73.0 cm³/mol. The summed E-state index contributed by atoms with van der Waals surface area (Å²) in [5, 5.41) is 2.99. The molecule has 1 aromatic rings. The van der Waals surface area contributed by atoms with Crippen molar-refractivity contribution in [3.63, 3.8) is 0 Å². The minimum absolute atomic E-state index is 0.110. The quantitative estimate of drug-likeness (QED) is 0.906. The lowest BCUT2D eigenvalue weighted by atomic mass is 9.75. The number of para-hydroxylation sites is 1. The van der Waals surface area contributed by atoms with Crippen molar-refractivity contribution in [3.05, 3.63) is 29.8 Å². The summed E-state index contributed by atoms with van der Waals surface area (Å²) in [6.45, 7) is 2.15. The predicted octanol–water partition coefficient (Wildman–Crippen LogP) is 2.33. The van der Waals surface area contributed by atoms with Crippen molar-refractivity contribution in [3.8, 4) is 0 Å². The van der Waals surface area contributed by atoms with Gasteiger partial charge in [0.25, 0.3) is 0 Å². The van der Waals surface area contributed by atoms with Gasteiger partial charge >= 0.3 is 0 Å². The van der Waals surface area contributed by atoms with Crippen LogP contribution in [0.4, 0.5) is 10.1 Å². The van der Waals surface area contributed by atoms with Crippen molar-refractivity contribution in [2.45, 2.75) is 24.7 Å². The summed E-state index contributed by atoms with van der Waals surface area (Å²) < 4.78 is 12.3. The first-order valence-electron chi connectivity index (χ1n) is 6.95. The second-order valence-corrected chi connectivity index (χ2v) is 5.50. The second-order valence-electron chi connectivity index (χ2n) is 5.50. The molecule has 2 aliphatic rings. The number of alkyl halides is 1. The van der Waals surface area contributed by atoms with Crippen molar-refractivity contribution >= 4 is 11.6 Å². The van der Waals surface area contributed by atoms with Gasteiger partial charge in [-0.15, -0.1) is 0 Å². The van der Waals surface area contributed by atoms with Crippen LogP contribution in [-0.4, -0.2) is 37.1 Å². The molecular formula is C15H19FN2O. The topological polar surface area (TPSA) is 32.3 Å². The summed E-state index contributed by atoms with van der Waals surface area (Å²) >= 11 is 0. The molecule has 4 heteroatoms. The number of carbonyl (C=O) groups is 1. The molecule has 3 rings (SSSR count). The molecule has 1 N–H and O–H groups in total. The van der Waals surface area contributed by atoms with E-state index in [1.807, 2.05) is 24.3 Å². The SMILES string of the molecule is O=C1Nc2ccccc2C12CCCN(CCCF)C2. The number of amides is 1. The zero-order valence-electron chi connectivity index (χ0n) is 11.0. The first-order valence-corrected chi connectivity index (χ1v) is 6.95. The molecule has 1 atom stereocenters. The van der Waals surface area contributed by atoms with E-state index in [9.17, 15) is 9.18 Å². The molecule has 1 unspecified atom stereocenters. The van der Waals surface area contributed by atoms with Crippen molar-refractivity contribution < 1.29 is 9.18 Å². The molecule has 19 heavy (non-hydrogen) atoms. The van der Waals surface area contributed by atoms with E-state index in [-0.39, 0.29) is 12.6 Å². The fraction of sp³-hybridized carbons (Fsp3) is 0.533. The van der Waals surface area contributed by atoms with E-state index in [0.29, 0.717) is 6.42 Å². The number of anilines is 1. The molecule has 3 nitrogen and oxygen atoms in total. The van der Waals surface area contributed by atoms with E-state index in [1.165, 1.54) is 0 Å². The number of nitrogens with one attached hydrogen (secondary N) is 1. The van der Waals surface area contributed by atoms with E-state index in [0.717, 1.165) is 43.7 Å². The highest BCUT2D eigenvalue weighted by Crippen LogP contribution is 2.43. The largest absolute Gasteiger partial charge is 0.325 e. The Hall–Kier alpha value is -1.42. The summed E-state index contributed by atoms with van der Waals surface area (Å²) in [4.78, 5) is 14.6. The van der Waals surface area contributed by atoms with Crippen LogP contribution in [0.15, 0.2) is 24.3 Å². The highest BCUT2D eigenvalue weighted by Gasteiger charge is 2.48. The maximum absolute atomic E-state index is 12.4. The van der Waals surface area contributed by atoms with Gasteiger partial charge in [-0.25, -0.2) is 0 Å². The lowest BCUT2D eigenvalue weighted by Crippen LogP contribution is -2.50. The van der Waals surface area contributed by atoms with E-state index >= 15 is 0 Å². The number of likely N-dealkylation sites (tertiary alicyclic amines) is 1. The third-order valence-corrected chi connectivity index (χ3v) is 4.30. The van der Waals surface area contributed by atoms with Gasteiger partial charge in [-0.2, -0.15) is 0 Å². The smallest absolute Gasteiger partial charge is 0.236 e. The molecule has 1 amide bonds. The Balaban J connectivity index is 1.88. The summed E-state index contributed by atoms with van der Waals surface area (Å²) in [6, 6.07) is 7.94. The monoisotopic (exact) mass is 262 g/mol. The highest BCUT2D eigenvalue weighted by molar-refractivity contribution is 6.06. The number of nitrogens with zero attached hydrogens (tertiary/aromatic N) is 1. The van der Waals surface area contributed by atoms with Gasteiger partial charge in [0.2, 0.25) is 5.91 Å². The van der Waals surface area contributed by atoms with Crippen LogP contribution in [0.5, 0.6) is 0 Å². The summed E-state index contributed by atoms with van der Waals surface area (Å²) in [5.74, 6) is 0.110. The van der Waals surface area contributed by atoms with Crippen LogP contribution in [0.3, 0.4) is 0 Å². The maximum Gasteiger partial charge on any atom is 0.236 e. The van der Waals surface area contributed by atoms with Crippen LogP contribution in [0.2, 0.25) is 0 Å². The highest BCUT2D eigenvalue weighted by atomic mass is 19.1. The van der Waals surface area contributed by atoms with Gasteiger partial charge in [-0.3, -0.25) is 9.18 Å². The van der Waals surface area contributed by atoms with E-state index < -0.39 is 5.41 Å². The van der Waals surface area contributed by atoms with Crippen LogP contribution in [-0.2, 0) is 10.2 Å². The fourth-order valence-corrected chi connectivity index (χ4v) is 3.40. The Morgan fingerprint density at radius 3 is 3.05 bits per heavy atom. The number of halogens is 1. The third kappa shape index (κ3) is 2.04. The molecule has 0 radical (unpaired) electrons. The van der Waals surface area contributed by atoms with Crippen LogP contribution >= 0.6 is 0 Å². The second kappa shape index (κ2) is 4.93. The lowest BCUT2D eigenvalue weighted by Gasteiger charge is -2.39. The molecule has 1 saturated heterocycles. The number of hydrogen-bond donors (Lipinski definition) is 1. The fourth-order valence-electron chi connectivity index (χ4n) is 3.40. The van der Waals surface area contributed by atoms with Gasteiger partial charge in [-0.05, 0) is 37.4 Å². The Kier molecular flexibility index (Phi) is 3.27. The molecule has 1 spiro atoms. The van der Waals surface area contributed by atoms with E-state index in [2.05, 4.69) is 10.2 Å². The molecule has 0 bridgehead atoms. The minimum atomic E-state index is -0.412. The number of carbonyl (C=O) groups excluding carboxylic acids is 1. The van der Waals surface area contributed by atoms with Gasteiger partial charge in [-0.1, -0.05) is 18.2 Å². The average Bonchev–Trinajstić information content (AvgIpc) is 2.70. The molecule has 2 heterocycles. The summed E-state index contributed by atoms with van der Waals surface area (Å²) in [7, 11) is 0. The summed E-state index contributed by atoms with van der Waals surface area (Å²) in [5.41, 5.74) is 1.65. The van der Waals surface area contributed by atoms with Crippen LogP contribution in [0.1, 0.15) is 24.8 Å². The van der Waals surface area contributed by atoms with E-state index in [4.69, 9.17) is 0 Å². The number of piperidine rings is 1. The van der Waals surface area contributed by atoms with Gasteiger partial charge in [0.15, 0.2) is 0 Å². The van der Waals surface area contributed by atoms with Crippen molar-refractivity contribution in [1.29, 1.82) is 0 Å². The first-order chi connectivity index (χ1) is 9.26. The van der Waals surface area contributed by atoms with Crippen LogP contribution in [0.25, 0.3) is 0 Å². The molecule has 2 aliphatic heterocycles. The van der Waals surface area contributed by atoms with Crippen LogP contribution < -0.4 is 5.32 Å². The average molecular weight is 262 g/mol. The lowest BCUT2D eigenvalue weighted by molar-refractivity contribution is -0.122. The first kappa shape index (κ1) is 12.6. The van der Waals surface area contributed by atoms with Crippen LogP contribution in [0, 0.1) is 0 Å². The van der Waals surface area contributed by atoms with Gasteiger partial charge in [0.1, 0.15) is 0 Å². The number of hydrogen-bond acceptors (Lipinski definition) is 2. The molecule has 0 aromatic heterocycles. The zero-order chi connectivity index (χ0) is 13.3. The molecule has 1 aromatic carbocycles. The Bertz CT molecular complexity index is 491. The minimum Gasteiger partial charge on any atom is -0.325 e. The van der Waals surface area contributed by atoms with E-state index in [1.54, 1.807) is 0 Å². The third-order valence-electron chi connectivity index (χ3n) is 4.30. The Labute approximate surface area is 112 Å². The van der Waals surface area contributed by atoms with Crippen molar-refractivity contribution in [2.24, 2.45) is 0 Å². The maximum atomic E-state index is 12.4. The Morgan fingerprint density at radius 2 is 2.21 bits per heavy atom. The zero-order valence-corrected chi connectivity index (χ0v) is 11.0. The molecule has 0 saturated carbocycles. The normalized spacial score (nSPS) is 26.5. The molecule has 0 aliphatic carbocycles. The number of fused-ring (bicyclic) bond motifs is 2. The van der Waals surface area contributed by atoms with Gasteiger partial charge in [0, 0.05) is 18.8 Å². The molecular weight excluding hydrogens is 243 g/mol. The Morgan fingerprint density at radius 1 is 1.37 bits per heavy atom.